The van der Waals surface area contributed by atoms with Crippen molar-refractivity contribution in [3.8, 4) is 0 Å². The van der Waals surface area contributed by atoms with Crippen molar-refractivity contribution in [1.82, 2.24) is 4.90 Å². The van der Waals surface area contributed by atoms with Gasteiger partial charge in [0.15, 0.2) is 0 Å². The van der Waals surface area contributed by atoms with Gasteiger partial charge in [-0.15, -0.1) is 0 Å². The number of hydrogen-bond donors (Lipinski definition) is 1. The number of rotatable bonds is 4. The Bertz CT molecular complexity index is 356. The van der Waals surface area contributed by atoms with Gasteiger partial charge in [-0.1, -0.05) is 6.92 Å². The van der Waals surface area contributed by atoms with Crippen molar-refractivity contribution in [3.63, 3.8) is 0 Å². The van der Waals surface area contributed by atoms with Crippen LogP contribution in [-0.4, -0.2) is 37.2 Å². The Hall–Kier alpha value is -0.360. The first-order valence-electron chi connectivity index (χ1n) is 6.04. The molecule has 0 aliphatic carbocycles. The molecule has 4 nitrogen and oxygen atoms in total. The molecule has 2 heterocycles. The van der Waals surface area contributed by atoms with Gasteiger partial charge >= 0.3 is 0 Å². The molecule has 0 spiro atoms. The van der Waals surface area contributed by atoms with Crippen LogP contribution >= 0.6 is 15.9 Å². The highest BCUT2D eigenvalue weighted by Crippen LogP contribution is 2.31. The molecule has 0 aromatic carbocycles. The van der Waals surface area contributed by atoms with Crippen LogP contribution in [0.4, 0.5) is 0 Å². The fourth-order valence-corrected chi connectivity index (χ4v) is 2.83. The number of nitrogens with zero attached hydrogens (tertiary/aromatic N) is 1. The number of furan rings is 1. The highest BCUT2D eigenvalue weighted by atomic mass is 79.9. The maximum atomic E-state index is 5.92. The molecular weight excluding hydrogens is 284 g/mol. The maximum absolute atomic E-state index is 5.92. The molecule has 1 aromatic heterocycles. The Morgan fingerprint density at radius 2 is 2.47 bits per heavy atom. The number of nitrogens with two attached hydrogens (primary N) is 1. The van der Waals surface area contributed by atoms with Crippen LogP contribution in [0.5, 0.6) is 0 Å². The van der Waals surface area contributed by atoms with Gasteiger partial charge in [0, 0.05) is 19.1 Å². The van der Waals surface area contributed by atoms with Crippen LogP contribution in [0.15, 0.2) is 21.2 Å². The van der Waals surface area contributed by atoms with E-state index in [1.54, 1.807) is 6.26 Å². The van der Waals surface area contributed by atoms with Gasteiger partial charge in [0.1, 0.15) is 5.76 Å². The standard InChI is InChI=1S/C12H19BrN2O2/c1-2-9-8-16-6-4-15(9)11(7-14)12-10(13)3-5-17-12/h3,5,9,11H,2,4,6-8,14H2,1H3. The molecule has 96 valence electrons. The van der Waals surface area contributed by atoms with Crippen molar-refractivity contribution in [3.05, 3.63) is 22.6 Å². The molecule has 1 aliphatic heterocycles. The molecule has 2 unspecified atom stereocenters. The number of morpholine rings is 1. The zero-order valence-electron chi connectivity index (χ0n) is 10.1. The third kappa shape index (κ3) is 2.73. The Kier molecular flexibility index (Phi) is 4.62. The fourth-order valence-electron chi connectivity index (χ4n) is 2.37. The zero-order chi connectivity index (χ0) is 12.3. The first-order chi connectivity index (χ1) is 8.27. The molecule has 1 saturated heterocycles. The first-order valence-corrected chi connectivity index (χ1v) is 6.83. The van der Waals surface area contributed by atoms with E-state index in [-0.39, 0.29) is 6.04 Å². The Labute approximate surface area is 110 Å². The van der Waals surface area contributed by atoms with Crippen molar-refractivity contribution in [2.24, 2.45) is 5.73 Å². The SMILES string of the molecule is CCC1COCCN1C(CN)c1occc1Br. The monoisotopic (exact) mass is 302 g/mol. The number of halogens is 1. The Morgan fingerprint density at radius 1 is 1.65 bits per heavy atom. The summed E-state index contributed by atoms with van der Waals surface area (Å²) in [6.45, 7) is 5.20. The van der Waals surface area contributed by atoms with E-state index in [1.807, 2.05) is 6.07 Å². The Balaban J connectivity index is 2.19. The van der Waals surface area contributed by atoms with E-state index in [9.17, 15) is 0 Å². The second-order valence-corrected chi connectivity index (χ2v) is 5.11. The zero-order valence-corrected chi connectivity index (χ0v) is 11.6. The summed E-state index contributed by atoms with van der Waals surface area (Å²) in [4.78, 5) is 2.40. The molecule has 1 fully saturated rings. The summed E-state index contributed by atoms with van der Waals surface area (Å²) in [5.74, 6) is 0.924. The smallest absolute Gasteiger partial charge is 0.136 e. The van der Waals surface area contributed by atoms with Gasteiger partial charge in [-0.2, -0.15) is 0 Å². The topological polar surface area (TPSA) is 51.6 Å². The molecule has 1 aromatic rings. The van der Waals surface area contributed by atoms with Crippen LogP contribution in [0, 0.1) is 0 Å². The summed E-state index contributed by atoms with van der Waals surface area (Å²) in [5.41, 5.74) is 5.92. The van der Waals surface area contributed by atoms with Crippen LogP contribution in [0.25, 0.3) is 0 Å². The van der Waals surface area contributed by atoms with Gasteiger partial charge in [0.25, 0.3) is 0 Å². The van der Waals surface area contributed by atoms with Crippen LogP contribution in [-0.2, 0) is 4.74 Å². The van der Waals surface area contributed by atoms with Crippen molar-refractivity contribution in [2.45, 2.75) is 25.4 Å². The fraction of sp³-hybridized carbons (Fsp3) is 0.667. The Morgan fingerprint density at radius 3 is 3.06 bits per heavy atom. The second-order valence-electron chi connectivity index (χ2n) is 4.26. The minimum absolute atomic E-state index is 0.133. The van der Waals surface area contributed by atoms with Crippen molar-refractivity contribution in [1.29, 1.82) is 0 Å². The van der Waals surface area contributed by atoms with E-state index in [0.717, 1.165) is 36.4 Å². The molecule has 2 atom stereocenters. The third-order valence-corrected chi connectivity index (χ3v) is 3.97. The van der Waals surface area contributed by atoms with Crippen LogP contribution in [0.2, 0.25) is 0 Å². The molecule has 1 aliphatic rings. The van der Waals surface area contributed by atoms with Crippen molar-refractivity contribution >= 4 is 15.9 Å². The first kappa shape index (κ1) is 13.1. The second kappa shape index (κ2) is 6.00. The molecule has 5 heteroatoms. The third-order valence-electron chi connectivity index (χ3n) is 3.32. The highest BCUT2D eigenvalue weighted by Gasteiger charge is 2.31. The molecule has 0 bridgehead atoms. The molecule has 0 amide bonds. The van der Waals surface area contributed by atoms with E-state index in [0.29, 0.717) is 12.6 Å². The van der Waals surface area contributed by atoms with Gasteiger partial charge in [0.05, 0.1) is 30.0 Å². The van der Waals surface area contributed by atoms with E-state index in [4.69, 9.17) is 14.9 Å². The normalized spacial score (nSPS) is 23.8. The summed E-state index contributed by atoms with van der Waals surface area (Å²) in [6.07, 6.45) is 2.76. The van der Waals surface area contributed by atoms with Crippen molar-refractivity contribution < 1.29 is 9.15 Å². The van der Waals surface area contributed by atoms with Gasteiger partial charge in [-0.3, -0.25) is 4.90 Å². The largest absolute Gasteiger partial charge is 0.466 e. The molecule has 17 heavy (non-hydrogen) atoms. The number of ether oxygens (including phenoxy) is 1. The highest BCUT2D eigenvalue weighted by molar-refractivity contribution is 9.10. The van der Waals surface area contributed by atoms with Gasteiger partial charge in [-0.25, -0.2) is 0 Å². The van der Waals surface area contributed by atoms with Crippen LogP contribution in [0.3, 0.4) is 0 Å². The quantitative estimate of drug-likeness (QED) is 0.926. The summed E-state index contributed by atoms with van der Waals surface area (Å²) in [6, 6.07) is 2.47. The van der Waals surface area contributed by atoms with E-state index >= 15 is 0 Å². The molecule has 2 rings (SSSR count). The summed E-state index contributed by atoms with van der Waals surface area (Å²) in [5, 5.41) is 0. The summed E-state index contributed by atoms with van der Waals surface area (Å²) >= 11 is 3.51. The lowest BCUT2D eigenvalue weighted by Crippen LogP contribution is -2.48. The van der Waals surface area contributed by atoms with E-state index < -0.39 is 0 Å². The van der Waals surface area contributed by atoms with Gasteiger partial charge < -0.3 is 14.9 Å². The lowest BCUT2D eigenvalue weighted by Gasteiger charge is -2.39. The molecule has 0 radical (unpaired) electrons. The lowest BCUT2D eigenvalue weighted by atomic mass is 10.1. The lowest BCUT2D eigenvalue weighted by molar-refractivity contribution is -0.0330. The molecule has 2 N–H and O–H groups in total. The molecular formula is C12H19BrN2O2. The predicted molar refractivity (Wildman–Crippen MR) is 69.8 cm³/mol. The minimum Gasteiger partial charge on any atom is -0.466 e. The van der Waals surface area contributed by atoms with Crippen LogP contribution in [0.1, 0.15) is 25.1 Å². The maximum Gasteiger partial charge on any atom is 0.136 e. The van der Waals surface area contributed by atoms with Crippen LogP contribution < -0.4 is 5.73 Å². The summed E-state index contributed by atoms with van der Waals surface area (Å²) < 4.78 is 12.1. The van der Waals surface area contributed by atoms with Gasteiger partial charge in [0.2, 0.25) is 0 Å². The number of hydrogen-bond acceptors (Lipinski definition) is 4. The van der Waals surface area contributed by atoms with Crippen molar-refractivity contribution in [2.75, 3.05) is 26.3 Å². The molecule has 0 saturated carbocycles. The van der Waals surface area contributed by atoms with E-state index in [1.165, 1.54) is 0 Å². The predicted octanol–water partition coefficient (Wildman–Crippen LogP) is 2.15. The average molecular weight is 303 g/mol. The average Bonchev–Trinajstić information content (AvgIpc) is 2.78. The van der Waals surface area contributed by atoms with E-state index in [2.05, 4.69) is 27.8 Å². The summed E-state index contributed by atoms with van der Waals surface area (Å²) in [7, 11) is 0. The van der Waals surface area contributed by atoms with Gasteiger partial charge in [-0.05, 0) is 28.4 Å². The minimum atomic E-state index is 0.133.